The molecule has 1 amide bonds. The second kappa shape index (κ2) is 8.87. The molecule has 0 aromatic heterocycles. The van der Waals surface area contributed by atoms with Crippen LogP contribution in [0.4, 0.5) is 4.39 Å². The van der Waals surface area contributed by atoms with Gasteiger partial charge in [0.1, 0.15) is 0 Å². The van der Waals surface area contributed by atoms with Gasteiger partial charge in [-0.1, -0.05) is 13.0 Å². The van der Waals surface area contributed by atoms with Crippen molar-refractivity contribution in [3.8, 4) is 5.75 Å². The first kappa shape index (κ1) is 17.7. The van der Waals surface area contributed by atoms with Gasteiger partial charge in [0, 0.05) is 13.0 Å². The summed E-state index contributed by atoms with van der Waals surface area (Å²) in [6.45, 7) is 6.30. The number of halogens is 1. The summed E-state index contributed by atoms with van der Waals surface area (Å²) >= 11 is 0. The zero-order chi connectivity index (χ0) is 16.7. The summed E-state index contributed by atoms with van der Waals surface area (Å²) in [6.07, 6.45) is 3.23. The fourth-order valence-corrected chi connectivity index (χ4v) is 2.98. The Kier molecular flexibility index (Phi) is 6.84. The van der Waals surface area contributed by atoms with Crippen molar-refractivity contribution in [1.29, 1.82) is 0 Å². The first-order chi connectivity index (χ1) is 11.1. The lowest BCUT2D eigenvalue weighted by atomic mass is 9.97. The number of piperidine rings is 1. The van der Waals surface area contributed by atoms with E-state index in [0.29, 0.717) is 18.8 Å². The Morgan fingerprint density at radius 2 is 2.13 bits per heavy atom. The third-order valence-electron chi connectivity index (χ3n) is 4.60. The lowest BCUT2D eigenvalue weighted by Gasteiger charge is -2.31. The van der Waals surface area contributed by atoms with Crippen LogP contribution in [0.3, 0.4) is 0 Å². The SMILES string of the molecule is CCN1CCC(CNC(=O)CCc2ccc(OC)c(F)c2)CC1. The van der Waals surface area contributed by atoms with Crippen molar-refractivity contribution in [3.63, 3.8) is 0 Å². The first-order valence-corrected chi connectivity index (χ1v) is 8.43. The van der Waals surface area contributed by atoms with Gasteiger partial charge >= 0.3 is 0 Å². The Morgan fingerprint density at radius 3 is 2.74 bits per heavy atom. The van der Waals surface area contributed by atoms with Crippen LogP contribution in [-0.4, -0.2) is 44.1 Å². The predicted molar refractivity (Wildman–Crippen MR) is 89.1 cm³/mol. The maximum absolute atomic E-state index is 13.6. The molecule has 0 aliphatic carbocycles. The monoisotopic (exact) mass is 322 g/mol. The van der Waals surface area contributed by atoms with E-state index >= 15 is 0 Å². The second-order valence-corrected chi connectivity index (χ2v) is 6.15. The zero-order valence-electron chi connectivity index (χ0n) is 14.1. The highest BCUT2D eigenvalue weighted by Crippen LogP contribution is 2.19. The molecule has 1 N–H and O–H groups in total. The molecule has 1 aliphatic heterocycles. The van der Waals surface area contributed by atoms with Crippen molar-refractivity contribution in [3.05, 3.63) is 29.6 Å². The van der Waals surface area contributed by atoms with Crippen molar-refractivity contribution in [2.24, 2.45) is 5.92 Å². The molecule has 1 heterocycles. The van der Waals surface area contributed by atoms with Crippen LogP contribution in [0.15, 0.2) is 18.2 Å². The summed E-state index contributed by atoms with van der Waals surface area (Å²) in [4.78, 5) is 14.4. The number of rotatable bonds is 7. The van der Waals surface area contributed by atoms with E-state index in [2.05, 4.69) is 17.1 Å². The van der Waals surface area contributed by atoms with E-state index in [-0.39, 0.29) is 17.5 Å². The fraction of sp³-hybridized carbons (Fsp3) is 0.611. The average Bonchev–Trinajstić information content (AvgIpc) is 2.58. The van der Waals surface area contributed by atoms with E-state index in [0.717, 1.165) is 44.6 Å². The van der Waals surface area contributed by atoms with E-state index in [9.17, 15) is 9.18 Å². The number of carbonyl (C=O) groups excluding carboxylic acids is 1. The molecule has 0 radical (unpaired) electrons. The van der Waals surface area contributed by atoms with Crippen LogP contribution in [0.5, 0.6) is 5.75 Å². The lowest BCUT2D eigenvalue weighted by Crippen LogP contribution is -2.38. The Morgan fingerprint density at radius 1 is 1.39 bits per heavy atom. The minimum absolute atomic E-state index is 0.0409. The summed E-state index contributed by atoms with van der Waals surface area (Å²) in [5.74, 6) is 0.476. The van der Waals surface area contributed by atoms with Crippen LogP contribution in [0.25, 0.3) is 0 Å². The molecule has 1 aromatic carbocycles. The Labute approximate surface area is 138 Å². The van der Waals surface area contributed by atoms with Gasteiger partial charge in [-0.15, -0.1) is 0 Å². The average molecular weight is 322 g/mol. The molecular formula is C18H27FN2O2. The number of hydrogen-bond donors (Lipinski definition) is 1. The molecule has 1 saturated heterocycles. The number of benzene rings is 1. The topological polar surface area (TPSA) is 41.6 Å². The van der Waals surface area contributed by atoms with Gasteiger partial charge in [0.05, 0.1) is 7.11 Å². The number of aryl methyl sites for hydroxylation is 1. The molecule has 0 bridgehead atoms. The van der Waals surface area contributed by atoms with E-state index in [1.54, 1.807) is 12.1 Å². The van der Waals surface area contributed by atoms with E-state index in [1.165, 1.54) is 13.2 Å². The molecule has 0 atom stereocenters. The number of nitrogens with zero attached hydrogens (tertiary/aromatic N) is 1. The Balaban J connectivity index is 1.68. The third kappa shape index (κ3) is 5.50. The van der Waals surface area contributed by atoms with Crippen molar-refractivity contribution in [2.75, 3.05) is 33.3 Å². The molecule has 128 valence electrons. The highest BCUT2D eigenvalue weighted by atomic mass is 19.1. The van der Waals surface area contributed by atoms with Crippen molar-refractivity contribution >= 4 is 5.91 Å². The van der Waals surface area contributed by atoms with Gasteiger partial charge in [-0.25, -0.2) is 4.39 Å². The number of hydrogen-bond acceptors (Lipinski definition) is 3. The maximum atomic E-state index is 13.6. The van der Waals surface area contributed by atoms with Gasteiger partial charge in [0.2, 0.25) is 5.91 Å². The highest BCUT2D eigenvalue weighted by Gasteiger charge is 2.18. The van der Waals surface area contributed by atoms with Crippen LogP contribution >= 0.6 is 0 Å². The van der Waals surface area contributed by atoms with E-state index in [1.807, 2.05) is 0 Å². The molecule has 0 unspecified atom stereocenters. The highest BCUT2D eigenvalue weighted by molar-refractivity contribution is 5.76. The van der Waals surface area contributed by atoms with Crippen molar-refractivity contribution < 1.29 is 13.9 Å². The van der Waals surface area contributed by atoms with Gasteiger partial charge in [-0.05, 0) is 62.5 Å². The number of carbonyl (C=O) groups is 1. The van der Waals surface area contributed by atoms with Crippen LogP contribution in [0.2, 0.25) is 0 Å². The van der Waals surface area contributed by atoms with Crippen molar-refractivity contribution in [1.82, 2.24) is 10.2 Å². The number of amides is 1. The van der Waals surface area contributed by atoms with Crippen molar-refractivity contribution in [2.45, 2.75) is 32.6 Å². The molecule has 1 fully saturated rings. The molecular weight excluding hydrogens is 295 g/mol. The standard InChI is InChI=1S/C18H27FN2O2/c1-3-21-10-8-15(9-11-21)13-20-18(22)7-5-14-4-6-17(23-2)16(19)12-14/h4,6,12,15H,3,5,7-11,13H2,1-2H3,(H,20,22). The minimum atomic E-state index is -0.381. The number of likely N-dealkylation sites (tertiary alicyclic amines) is 1. The second-order valence-electron chi connectivity index (χ2n) is 6.15. The van der Waals surface area contributed by atoms with E-state index < -0.39 is 0 Å². The Hall–Kier alpha value is -1.62. The molecule has 2 rings (SSSR count). The van der Waals surface area contributed by atoms with Crippen LogP contribution in [0.1, 0.15) is 31.7 Å². The molecule has 23 heavy (non-hydrogen) atoms. The molecule has 0 saturated carbocycles. The molecule has 0 spiro atoms. The smallest absolute Gasteiger partial charge is 0.220 e. The molecule has 5 heteroatoms. The molecule has 1 aromatic rings. The van der Waals surface area contributed by atoms with Gasteiger partial charge < -0.3 is 15.0 Å². The van der Waals surface area contributed by atoms with E-state index in [4.69, 9.17) is 4.74 Å². The first-order valence-electron chi connectivity index (χ1n) is 8.43. The van der Waals surface area contributed by atoms with Crippen LogP contribution in [0, 0.1) is 11.7 Å². The molecule has 1 aliphatic rings. The third-order valence-corrected chi connectivity index (χ3v) is 4.60. The molecule has 4 nitrogen and oxygen atoms in total. The summed E-state index contributed by atoms with van der Waals surface area (Å²) in [5.41, 5.74) is 0.815. The van der Waals surface area contributed by atoms with Gasteiger partial charge in [0.25, 0.3) is 0 Å². The van der Waals surface area contributed by atoms with Crippen LogP contribution in [-0.2, 0) is 11.2 Å². The quantitative estimate of drug-likeness (QED) is 0.839. The fourth-order valence-electron chi connectivity index (χ4n) is 2.98. The normalized spacial score (nSPS) is 16.3. The minimum Gasteiger partial charge on any atom is -0.494 e. The summed E-state index contributed by atoms with van der Waals surface area (Å²) in [7, 11) is 1.44. The number of ether oxygens (including phenoxy) is 1. The van der Waals surface area contributed by atoms with Gasteiger partial charge in [0.15, 0.2) is 11.6 Å². The van der Waals surface area contributed by atoms with Gasteiger partial charge in [-0.2, -0.15) is 0 Å². The zero-order valence-corrected chi connectivity index (χ0v) is 14.1. The number of methoxy groups -OCH3 is 1. The Bertz CT molecular complexity index is 514. The maximum Gasteiger partial charge on any atom is 0.220 e. The largest absolute Gasteiger partial charge is 0.494 e. The van der Waals surface area contributed by atoms with Crippen LogP contribution < -0.4 is 10.1 Å². The summed E-state index contributed by atoms with van der Waals surface area (Å²) in [6, 6.07) is 4.84. The number of nitrogens with one attached hydrogen (secondary N) is 1. The lowest BCUT2D eigenvalue weighted by molar-refractivity contribution is -0.121. The predicted octanol–water partition coefficient (Wildman–Crippen LogP) is 2.62. The summed E-state index contributed by atoms with van der Waals surface area (Å²) in [5, 5.41) is 3.02. The van der Waals surface area contributed by atoms with Gasteiger partial charge in [-0.3, -0.25) is 4.79 Å². The summed E-state index contributed by atoms with van der Waals surface area (Å²) < 4.78 is 18.5.